The molecular weight excluding hydrogens is 318 g/mol. The minimum atomic E-state index is -0.404. The number of piperidine rings is 2. The molecular formula is C16H22ClN3O3. The summed E-state index contributed by atoms with van der Waals surface area (Å²) >= 11 is 0. The molecule has 1 aromatic carbocycles. The lowest BCUT2D eigenvalue weighted by atomic mass is 9.73. The summed E-state index contributed by atoms with van der Waals surface area (Å²) in [4.78, 5) is 25.1. The molecule has 1 atom stereocenters. The summed E-state index contributed by atoms with van der Waals surface area (Å²) in [5.41, 5.74) is 0.804. The van der Waals surface area contributed by atoms with Gasteiger partial charge in [0.25, 0.3) is 5.69 Å². The van der Waals surface area contributed by atoms with Crippen LogP contribution in [0.3, 0.4) is 0 Å². The number of carbonyl (C=O) groups is 1. The molecule has 2 aliphatic rings. The fraction of sp³-hybridized carbons (Fsp3) is 0.562. The number of hydrogen-bond acceptors (Lipinski definition) is 4. The van der Waals surface area contributed by atoms with E-state index >= 15 is 0 Å². The number of amides is 1. The second kappa shape index (κ2) is 7.27. The lowest BCUT2D eigenvalue weighted by Gasteiger charge is -2.44. The third-order valence-corrected chi connectivity index (χ3v) is 4.82. The molecule has 0 aromatic heterocycles. The van der Waals surface area contributed by atoms with Crippen molar-refractivity contribution in [3.63, 3.8) is 0 Å². The van der Waals surface area contributed by atoms with E-state index in [1.54, 1.807) is 12.1 Å². The summed E-state index contributed by atoms with van der Waals surface area (Å²) < 4.78 is 0. The Morgan fingerprint density at radius 2 is 1.91 bits per heavy atom. The molecule has 1 unspecified atom stereocenters. The zero-order valence-electron chi connectivity index (χ0n) is 13.0. The molecule has 1 N–H and O–H groups in total. The average molecular weight is 340 g/mol. The number of nitro groups is 1. The first kappa shape index (κ1) is 17.7. The summed E-state index contributed by atoms with van der Waals surface area (Å²) in [6, 6.07) is 6.49. The van der Waals surface area contributed by atoms with E-state index in [-0.39, 0.29) is 29.4 Å². The molecule has 2 fully saturated rings. The van der Waals surface area contributed by atoms with Gasteiger partial charge in [-0.05, 0) is 37.8 Å². The van der Waals surface area contributed by atoms with Gasteiger partial charge in [-0.1, -0.05) is 12.1 Å². The van der Waals surface area contributed by atoms with Crippen LogP contribution in [-0.2, 0) is 11.3 Å². The number of likely N-dealkylation sites (tertiary alicyclic amines) is 1. The standard InChI is InChI=1S/C16H21N3O3.ClH/c20-15-16(7-1-9-17-12-16)8-2-10-18(15)11-13-3-5-14(6-4-13)19(21)22;/h3-6,17H,1-2,7-12H2;1H. The van der Waals surface area contributed by atoms with Gasteiger partial charge in [0, 0.05) is 31.8 Å². The molecule has 6 nitrogen and oxygen atoms in total. The molecule has 1 amide bonds. The zero-order valence-corrected chi connectivity index (χ0v) is 13.8. The lowest BCUT2D eigenvalue weighted by molar-refractivity contribution is -0.384. The van der Waals surface area contributed by atoms with E-state index in [1.165, 1.54) is 12.1 Å². The van der Waals surface area contributed by atoms with Crippen molar-refractivity contribution in [1.29, 1.82) is 0 Å². The molecule has 3 rings (SSSR count). The van der Waals surface area contributed by atoms with Crippen LogP contribution in [0.5, 0.6) is 0 Å². The fourth-order valence-corrected chi connectivity index (χ4v) is 3.61. The van der Waals surface area contributed by atoms with Crippen molar-refractivity contribution in [3.8, 4) is 0 Å². The SMILES string of the molecule is Cl.O=C1N(Cc2ccc([N+](=O)[O-])cc2)CCCC12CCCNC2. The summed E-state index contributed by atoms with van der Waals surface area (Å²) in [7, 11) is 0. The highest BCUT2D eigenvalue weighted by molar-refractivity contribution is 5.85. The van der Waals surface area contributed by atoms with Crippen LogP contribution in [0.25, 0.3) is 0 Å². The summed E-state index contributed by atoms with van der Waals surface area (Å²) in [5.74, 6) is 0.240. The van der Waals surface area contributed by atoms with E-state index in [1.807, 2.05) is 4.90 Å². The summed E-state index contributed by atoms with van der Waals surface area (Å²) in [6.45, 7) is 3.09. The second-order valence-corrected chi connectivity index (χ2v) is 6.31. The van der Waals surface area contributed by atoms with Gasteiger partial charge in [0.2, 0.25) is 5.91 Å². The van der Waals surface area contributed by atoms with Crippen molar-refractivity contribution in [1.82, 2.24) is 10.2 Å². The van der Waals surface area contributed by atoms with Crippen molar-refractivity contribution in [2.45, 2.75) is 32.2 Å². The molecule has 2 saturated heterocycles. The Morgan fingerprint density at radius 3 is 2.52 bits per heavy atom. The number of halogens is 1. The first-order valence-electron chi connectivity index (χ1n) is 7.84. The van der Waals surface area contributed by atoms with Crippen molar-refractivity contribution < 1.29 is 9.72 Å². The molecule has 1 aromatic rings. The zero-order chi connectivity index (χ0) is 15.6. The highest BCUT2D eigenvalue weighted by Crippen LogP contribution is 2.37. The van der Waals surface area contributed by atoms with Crippen LogP contribution in [0.1, 0.15) is 31.2 Å². The normalized spacial score (nSPS) is 24.3. The van der Waals surface area contributed by atoms with Crippen LogP contribution in [0.15, 0.2) is 24.3 Å². The Bertz CT molecular complexity index is 565. The van der Waals surface area contributed by atoms with Crippen LogP contribution in [0, 0.1) is 15.5 Å². The minimum Gasteiger partial charge on any atom is -0.338 e. The monoisotopic (exact) mass is 339 g/mol. The highest BCUT2D eigenvalue weighted by atomic mass is 35.5. The number of carbonyl (C=O) groups excluding carboxylic acids is 1. The predicted octanol–water partition coefficient (Wildman–Crippen LogP) is 2.51. The van der Waals surface area contributed by atoms with Gasteiger partial charge in [0.05, 0.1) is 10.3 Å². The number of non-ortho nitro benzene ring substituents is 1. The van der Waals surface area contributed by atoms with Gasteiger partial charge in [-0.15, -0.1) is 12.4 Å². The second-order valence-electron chi connectivity index (χ2n) is 6.31. The highest BCUT2D eigenvalue weighted by Gasteiger charge is 2.44. The van der Waals surface area contributed by atoms with E-state index in [0.29, 0.717) is 6.54 Å². The Kier molecular flexibility index (Phi) is 5.59. The quantitative estimate of drug-likeness (QED) is 0.678. The van der Waals surface area contributed by atoms with Crippen LogP contribution in [0.2, 0.25) is 0 Å². The number of benzene rings is 1. The minimum absolute atomic E-state index is 0. The number of nitrogens with one attached hydrogen (secondary N) is 1. The van der Waals surface area contributed by atoms with Crippen molar-refractivity contribution in [3.05, 3.63) is 39.9 Å². The molecule has 7 heteroatoms. The van der Waals surface area contributed by atoms with Crippen LogP contribution >= 0.6 is 12.4 Å². The number of rotatable bonds is 3. The van der Waals surface area contributed by atoms with Gasteiger partial charge in [0.1, 0.15) is 0 Å². The molecule has 0 aliphatic carbocycles. The molecule has 23 heavy (non-hydrogen) atoms. The maximum Gasteiger partial charge on any atom is 0.269 e. The lowest BCUT2D eigenvalue weighted by Crippen LogP contribution is -2.54. The maximum atomic E-state index is 12.9. The fourth-order valence-electron chi connectivity index (χ4n) is 3.61. The Labute approximate surface area is 141 Å². The van der Waals surface area contributed by atoms with Gasteiger partial charge in [0.15, 0.2) is 0 Å². The van der Waals surface area contributed by atoms with E-state index in [2.05, 4.69) is 5.32 Å². The summed E-state index contributed by atoms with van der Waals surface area (Å²) in [6.07, 6.45) is 4.02. The van der Waals surface area contributed by atoms with Crippen molar-refractivity contribution >= 4 is 24.0 Å². The third kappa shape index (κ3) is 3.64. The number of hydrogen-bond donors (Lipinski definition) is 1. The van der Waals surface area contributed by atoms with Crippen molar-refractivity contribution in [2.24, 2.45) is 5.41 Å². The van der Waals surface area contributed by atoms with Gasteiger partial charge in [-0.25, -0.2) is 0 Å². The molecule has 2 heterocycles. The van der Waals surface area contributed by atoms with Gasteiger partial charge >= 0.3 is 0 Å². The predicted molar refractivity (Wildman–Crippen MR) is 89.5 cm³/mol. The Morgan fingerprint density at radius 1 is 1.22 bits per heavy atom. The van der Waals surface area contributed by atoms with Gasteiger partial charge in [-0.3, -0.25) is 14.9 Å². The molecule has 0 saturated carbocycles. The van der Waals surface area contributed by atoms with Crippen LogP contribution in [0.4, 0.5) is 5.69 Å². The summed E-state index contributed by atoms with van der Waals surface area (Å²) in [5, 5.41) is 14.0. The third-order valence-electron chi connectivity index (χ3n) is 4.82. The molecule has 2 aliphatic heterocycles. The molecule has 0 radical (unpaired) electrons. The topological polar surface area (TPSA) is 75.5 Å². The largest absolute Gasteiger partial charge is 0.338 e. The van der Waals surface area contributed by atoms with Crippen LogP contribution < -0.4 is 5.32 Å². The number of nitrogens with zero attached hydrogens (tertiary/aromatic N) is 2. The van der Waals surface area contributed by atoms with E-state index in [4.69, 9.17) is 0 Å². The van der Waals surface area contributed by atoms with E-state index in [9.17, 15) is 14.9 Å². The van der Waals surface area contributed by atoms with E-state index < -0.39 is 4.92 Å². The molecule has 126 valence electrons. The number of nitro benzene ring substituents is 1. The molecule has 1 spiro atoms. The smallest absolute Gasteiger partial charge is 0.269 e. The van der Waals surface area contributed by atoms with Gasteiger partial charge < -0.3 is 10.2 Å². The maximum absolute atomic E-state index is 12.9. The van der Waals surface area contributed by atoms with Crippen LogP contribution in [-0.4, -0.2) is 35.4 Å². The Balaban J connectivity index is 0.00000192. The Hall–Kier alpha value is -1.66. The molecule has 0 bridgehead atoms. The van der Waals surface area contributed by atoms with E-state index in [0.717, 1.165) is 50.9 Å². The first-order chi connectivity index (χ1) is 10.6. The van der Waals surface area contributed by atoms with Crippen molar-refractivity contribution in [2.75, 3.05) is 19.6 Å². The first-order valence-corrected chi connectivity index (χ1v) is 7.84. The van der Waals surface area contributed by atoms with Gasteiger partial charge in [-0.2, -0.15) is 0 Å². The average Bonchev–Trinajstić information content (AvgIpc) is 2.53.